The number of ketones is 1. The van der Waals surface area contributed by atoms with Crippen LogP contribution in [0.4, 0.5) is 0 Å². The van der Waals surface area contributed by atoms with Crippen LogP contribution in [-0.2, 0) is 35.0 Å². The molecule has 0 aromatic carbocycles. The van der Waals surface area contributed by atoms with Crippen LogP contribution < -0.4 is 0 Å². The Morgan fingerprint density at radius 3 is 2.33 bits per heavy atom. The molecule has 0 aliphatic carbocycles. The number of fused-ring (bicyclic) bond motifs is 1. The summed E-state index contributed by atoms with van der Waals surface area (Å²) in [6.45, 7) is 13.8. The van der Waals surface area contributed by atoms with Gasteiger partial charge in [-0.25, -0.2) is 0 Å². The van der Waals surface area contributed by atoms with Gasteiger partial charge in [0.2, 0.25) is 0 Å². The van der Waals surface area contributed by atoms with Crippen LogP contribution in [0.2, 0.25) is 0 Å². The highest BCUT2D eigenvalue weighted by molar-refractivity contribution is 8.00. The molecule has 40 heavy (non-hydrogen) atoms. The van der Waals surface area contributed by atoms with Crippen molar-refractivity contribution < 1.29 is 28.6 Å². The van der Waals surface area contributed by atoms with Crippen molar-refractivity contribution in [3.05, 3.63) is 30.1 Å². The van der Waals surface area contributed by atoms with Gasteiger partial charge in [-0.15, -0.1) is 11.8 Å². The van der Waals surface area contributed by atoms with E-state index in [2.05, 4.69) is 11.9 Å². The molecular formula is C32H49NO6S. The summed E-state index contributed by atoms with van der Waals surface area (Å²) in [5.41, 5.74) is -0.397. The first-order chi connectivity index (χ1) is 18.8. The zero-order valence-electron chi connectivity index (χ0n) is 25.6. The maximum atomic E-state index is 14.0. The molecule has 2 fully saturated rings. The van der Waals surface area contributed by atoms with Crippen LogP contribution in [-0.4, -0.2) is 58.1 Å². The number of thioether (sulfide) groups is 1. The molecule has 1 aromatic rings. The number of methoxy groups -OCH3 is 1. The smallest absolute Gasteiger partial charge is 0.320 e. The molecular weight excluding hydrogens is 526 g/mol. The van der Waals surface area contributed by atoms with E-state index in [4.69, 9.17) is 14.2 Å². The summed E-state index contributed by atoms with van der Waals surface area (Å²) >= 11 is 1.56. The van der Waals surface area contributed by atoms with Gasteiger partial charge in [0.1, 0.15) is 17.1 Å². The number of ether oxygens (including phenoxy) is 3. The molecule has 1 aromatic heterocycles. The lowest BCUT2D eigenvalue weighted by Gasteiger charge is -2.41. The predicted molar refractivity (Wildman–Crippen MR) is 158 cm³/mol. The number of Topliss-reactive ketones (excluding diaryl/α,β-unsaturated/α-hetero) is 1. The average Bonchev–Trinajstić information content (AvgIpc) is 3.17. The number of esters is 2. The number of rotatable bonds is 7. The Morgan fingerprint density at radius 2 is 1.70 bits per heavy atom. The average molecular weight is 576 g/mol. The number of nitrogens with zero attached hydrogens (tertiary/aromatic N) is 1. The Labute approximate surface area is 244 Å². The van der Waals surface area contributed by atoms with Gasteiger partial charge in [0.25, 0.3) is 0 Å². The summed E-state index contributed by atoms with van der Waals surface area (Å²) in [5.74, 6) is -1.01. The van der Waals surface area contributed by atoms with Crippen molar-refractivity contribution >= 4 is 29.5 Å². The molecule has 0 saturated carbocycles. The summed E-state index contributed by atoms with van der Waals surface area (Å²) in [6.07, 6.45) is 7.17. The van der Waals surface area contributed by atoms with Gasteiger partial charge in [0.15, 0.2) is 5.60 Å². The number of aromatic nitrogens is 1. The van der Waals surface area contributed by atoms with Crippen LogP contribution in [0, 0.1) is 29.6 Å². The predicted octanol–water partition coefficient (Wildman–Crippen LogP) is 6.07. The summed E-state index contributed by atoms with van der Waals surface area (Å²) in [7, 11) is 1.69. The second kappa shape index (κ2) is 13.8. The molecule has 0 spiro atoms. The fourth-order valence-corrected chi connectivity index (χ4v) is 8.51. The van der Waals surface area contributed by atoms with E-state index in [-0.39, 0.29) is 35.5 Å². The first kappa shape index (κ1) is 32.6. The number of carbonyl (C=O) groups excluding carboxylic acids is 3. The van der Waals surface area contributed by atoms with Crippen LogP contribution in [0.15, 0.2) is 24.5 Å². The van der Waals surface area contributed by atoms with Crippen LogP contribution in [0.25, 0.3) is 0 Å². The maximum absolute atomic E-state index is 14.0. The summed E-state index contributed by atoms with van der Waals surface area (Å²) in [6, 6.07) is 4.00. The van der Waals surface area contributed by atoms with Crippen molar-refractivity contribution in [2.45, 2.75) is 110 Å². The monoisotopic (exact) mass is 575 g/mol. The molecule has 9 unspecified atom stereocenters. The van der Waals surface area contributed by atoms with Crippen LogP contribution >= 0.6 is 11.8 Å². The number of pyridine rings is 1. The SMILES string of the molecule is CCC1OC(=O)C(C)CC(C)CC(C)(OC)CC(C)C(=O)C(C)C2C(SCCCc3ccncc3)C(=O)OC12C. The number of hydrogen-bond donors (Lipinski definition) is 0. The lowest BCUT2D eigenvalue weighted by atomic mass is 9.70. The Hall–Kier alpha value is -1.93. The first-order valence-electron chi connectivity index (χ1n) is 14.9. The molecule has 224 valence electrons. The molecule has 3 rings (SSSR count). The third kappa shape index (κ3) is 7.47. The molecule has 0 radical (unpaired) electrons. The van der Waals surface area contributed by atoms with Gasteiger partial charge < -0.3 is 14.2 Å². The standard InChI is InChI=1S/C32H49NO6S/c1-9-25-32(7)26(28(30(36)39-32)40-16-10-11-24-12-14-33-15-13-24)23(5)27(34)22(4)19-31(6,37-8)18-20(2)17-21(3)29(35)38-25/h12-15,20-23,25-26,28H,9-11,16-19H2,1-8H3. The fraction of sp³-hybridized carbons (Fsp3) is 0.750. The number of aryl methyl sites for hydroxylation is 1. The Morgan fingerprint density at radius 1 is 1.02 bits per heavy atom. The van der Waals surface area contributed by atoms with Crippen molar-refractivity contribution in [1.29, 1.82) is 0 Å². The minimum Gasteiger partial charge on any atom is -0.458 e. The highest BCUT2D eigenvalue weighted by Crippen LogP contribution is 2.48. The van der Waals surface area contributed by atoms with E-state index in [0.29, 0.717) is 19.3 Å². The molecule has 2 saturated heterocycles. The molecule has 0 amide bonds. The normalized spacial score (nSPS) is 37.8. The first-order valence-corrected chi connectivity index (χ1v) is 15.9. The molecule has 0 bridgehead atoms. The van der Waals surface area contributed by atoms with E-state index in [1.54, 1.807) is 31.3 Å². The quantitative estimate of drug-likeness (QED) is 0.286. The molecule has 8 heteroatoms. The maximum Gasteiger partial charge on any atom is 0.320 e. The third-order valence-electron chi connectivity index (χ3n) is 9.11. The Bertz CT molecular complexity index is 1020. The van der Waals surface area contributed by atoms with Gasteiger partial charge in [-0.1, -0.05) is 34.6 Å². The second-order valence-electron chi connectivity index (χ2n) is 12.6. The van der Waals surface area contributed by atoms with Gasteiger partial charge in [-0.2, -0.15) is 0 Å². The fourth-order valence-electron chi connectivity index (χ4n) is 7.04. The summed E-state index contributed by atoms with van der Waals surface area (Å²) in [5, 5.41) is -0.513. The van der Waals surface area contributed by atoms with Crippen molar-refractivity contribution in [1.82, 2.24) is 4.98 Å². The zero-order valence-corrected chi connectivity index (χ0v) is 26.4. The highest BCUT2D eigenvalue weighted by Gasteiger charge is 2.61. The molecule has 2 aliphatic rings. The van der Waals surface area contributed by atoms with Crippen LogP contribution in [0.1, 0.15) is 86.1 Å². The lowest BCUT2D eigenvalue weighted by Crippen LogP contribution is -2.52. The topological polar surface area (TPSA) is 91.8 Å². The second-order valence-corrected chi connectivity index (χ2v) is 13.9. The highest BCUT2D eigenvalue weighted by atomic mass is 32.2. The van der Waals surface area contributed by atoms with E-state index in [0.717, 1.165) is 25.0 Å². The minimum absolute atomic E-state index is 0.0967. The van der Waals surface area contributed by atoms with E-state index in [9.17, 15) is 14.4 Å². The van der Waals surface area contributed by atoms with E-state index in [1.165, 1.54) is 5.56 Å². The molecule has 2 aliphatic heterocycles. The van der Waals surface area contributed by atoms with Crippen LogP contribution in [0.3, 0.4) is 0 Å². The van der Waals surface area contributed by atoms with Gasteiger partial charge in [0, 0.05) is 37.3 Å². The Balaban J connectivity index is 1.93. The summed E-state index contributed by atoms with van der Waals surface area (Å²) in [4.78, 5) is 44.9. The molecule has 3 heterocycles. The Kier molecular flexibility index (Phi) is 11.3. The van der Waals surface area contributed by atoms with Crippen molar-refractivity contribution in [3.63, 3.8) is 0 Å². The molecule has 7 nitrogen and oxygen atoms in total. The molecule has 9 atom stereocenters. The zero-order chi connectivity index (χ0) is 29.7. The van der Waals surface area contributed by atoms with E-state index < -0.39 is 34.4 Å². The van der Waals surface area contributed by atoms with Crippen LogP contribution in [0.5, 0.6) is 0 Å². The van der Waals surface area contributed by atoms with E-state index >= 15 is 0 Å². The van der Waals surface area contributed by atoms with E-state index in [1.807, 2.05) is 53.7 Å². The summed E-state index contributed by atoms with van der Waals surface area (Å²) < 4.78 is 18.2. The van der Waals surface area contributed by atoms with Crippen molar-refractivity contribution in [3.8, 4) is 0 Å². The van der Waals surface area contributed by atoms with Crippen molar-refractivity contribution in [2.75, 3.05) is 12.9 Å². The van der Waals surface area contributed by atoms with Gasteiger partial charge in [0.05, 0.1) is 11.5 Å². The number of cyclic esters (lactones) is 1. The lowest BCUT2D eigenvalue weighted by molar-refractivity contribution is -0.183. The molecule has 0 N–H and O–H groups in total. The number of carbonyl (C=O) groups is 3. The van der Waals surface area contributed by atoms with Crippen molar-refractivity contribution in [2.24, 2.45) is 29.6 Å². The van der Waals surface area contributed by atoms with Gasteiger partial charge in [-0.3, -0.25) is 19.4 Å². The van der Waals surface area contributed by atoms with Gasteiger partial charge >= 0.3 is 11.9 Å². The largest absolute Gasteiger partial charge is 0.458 e. The minimum atomic E-state index is -1.10. The van der Waals surface area contributed by atoms with Gasteiger partial charge in [-0.05, 0) is 81.7 Å². The number of hydrogen-bond acceptors (Lipinski definition) is 8. The third-order valence-corrected chi connectivity index (χ3v) is 10.5.